The van der Waals surface area contributed by atoms with E-state index in [-0.39, 0.29) is 30.7 Å². The Morgan fingerprint density at radius 3 is 2.37 bits per heavy atom. The number of fused-ring (bicyclic) bond motifs is 8. The minimum atomic E-state index is -4.85. The number of aliphatic hydroxyl groups excluding tert-OH is 1. The second kappa shape index (κ2) is 14.9. The smallest absolute Gasteiger partial charge is 0.406 e. The summed E-state index contributed by atoms with van der Waals surface area (Å²) < 4.78 is 69.7. The molecule has 11 heteroatoms. The molecule has 0 aliphatic heterocycles. The van der Waals surface area contributed by atoms with Crippen molar-refractivity contribution >= 4 is 15.8 Å². The zero-order chi connectivity index (χ0) is 35.6. The maximum Gasteiger partial charge on any atom is 0.573 e. The summed E-state index contributed by atoms with van der Waals surface area (Å²) in [5.74, 6) is -0.607. The molecule has 2 fully saturated rings. The number of alkyl halides is 3. The number of sulfonamides is 1. The van der Waals surface area contributed by atoms with E-state index in [2.05, 4.69) is 10.8 Å². The summed E-state index contributed by atoms with van der Waals surface area (Å²) in [5, 5.41) is 23.5. The number of hydrogen-bond acceptors (Lipinski definition) is 6. The SMILES string of the molecule is CC1=CCC[C@@]2(C)[C@@H](CC[C@@]2(O)CN(Cc2ccc(OC(F)(F)F)cc2)S(C)(=O)=O)c2ccc(cc2C(=O)C2CCCCC2)C[C@@H](O)CC1. The molecule has 4 aliphatic carbocycles. The molecule has 4 atom stereocenters. The van der Waals surface area contributed by atoms with E-state index in [9.17, 15) is 36.6 Å². The number of nitrogens with zero attached hydrogens (tertiary/aromatic N) is 1. The van der Waals surface area contributed by atoms with Crippen molar-refractivity contribution in [2.75, 3.05) is 12.8 Å². The van der Waals surface area contributed by atoms with Crippen LogP contribution in [0.25, 0.3) is 0 Å². The summed E-state index contributed by atoms with van der Waals surface area (Å²) in [6.45, 7) is 3.69. The molecule has 2 aromatic carbocycles. The van der Waals surface area contributed by atoms with Crippen LogP contribution in [0, 0.1) is 11.3 Å². The molecule has 0 amide bonds. The fraction of sp³-hybridized carbons (Fsp3) is 0.605. The van der Waals surface area contributed by atoms with Crippen molar-refractivity contribution < 1.29 is 41.3 Å². The Kier molecular flexibility index (Phi) is 11.4. The Bertz CT molecular complexity index is 1620. The lowest BCUT2D eigenvalue weighted by Gasteiger charge is -2.46. The number of Topliss-reactive ketones (excluding diaryl/α,β-unsaturated/α-hetero) is 1. The second-order valence-corrected chi connectivity index (χ2v) is 16.9. The van der Waals surface area contributed by atoms with Crippen LogP contribution in [-0.2, 0) is 23.0 Å². The lowest BCUT2D eigenvalue weighted by molar-refractivity contribution is -0.274. The van der Waals surface area contributed by atoms with Crippen LogP contribution in [-0.4, -0.2) is 59.6 Å². The number of ether oxygens (including phenoxy) is 1. The molecular weight excluding hydrogens is 655 g/mol. The largest absolute Gasteiger partial charge is 0.573 e. The van der Waals surface area contributed by atoms with Gasteiger partial charge >= 0.3 is 6.36 Å². The first-order valence-corrected chi connectivity index (χ1v) is 19.4. The molecule has 49 heavy (non-hydrogen) atoms. The lowest BCUT2D eigenvalue weighted by atomic mass is 9.64. The number of carbonyl (C=O) groups excluding carboxylic acids is 1. The van der Waals surface area contributed by atoms with Crippen molar-refractivity contribution in [1.82, 2.24) is 4.31 Å². The fourth-order valence-corrected chi connectivity index (χ4v) is 9.21. The van der Waals surface area contributed by atoms with Crippen LogP contribution >= 0.6 is 0 Å². The normalized spacial score (nSPS) is 27.4. The highest BCUT2D eigenvalue weighted by Gasteiger charge is 2.58. The molecule has 270 valence electrons. The minimum Gasteiger partial charge on any atom is -0.406 e. The molecule has 0 radical (unpaired) electrons. The monoisotopic (exact) mass is 705 g/mol. The van der Waals surface area contributed by atoms with Crippen molar-refractivity contribution in [2.24, 2.45) is 11.3 Å². The fourth-order valence-electron chi connectivity index (χ4n) is 8.38. The molecule has 2 N–H and O–H groups in total. The zero-order valence-electron chi connectivity index (χ0n) is 28.8. The first-order valence-electron chi connectivity index (χ1n) is 17.5. The Hall–Kier alpha value is -2.73. The van der Waals surface area contributed by atoms with Crippen molar-refractivity contribution in [3.05, 3.63) is 76.4 Å². The van der Waals surface area contributed by atoms with Crippen molar-refractivity contribution in [2.45, 2.75) is 121 Å². The molecule has 0 saturated heterocycles. The van der Waals surface area contributed by atoms with Crippen LogP contribution in [0.5, 0.6) is 5.75 Å². The van der Waals surface area contributed by atoms with Crippen LogP contribution in [0.1, 0.15) is 117 Å². The van der Waals surface area contributed by atoms with Crippen molar-refractivity contribution in [3.8, 4) is 5.75 Å². The maximum atomic E-state index is 14.2. The predicted molar refractivity (Wildman–Crippen MR) is 183 cm³/mol. The Labute approximate surface area is 288 Å². The highest BCUT2D eigenvalue weighted by molar-refractivity contribution is 7.88. The molecule has 0 aromatic heterocycles. The second-order valence-electron chi connectivity index (χ2n) is 14.9. The van der Waals surface area contributed by atoms with Gasteiger partial charge in [-0.1, -0.05) is 62.1 Å². The number of allylic oxidation sites excluding steroid dienone is 2. The van der Waals surface area contributed by atoms with Gasteiger partial charge < -0.3 is 14.9 Å². The summed E-state index contributed by atoms with van der Waals surface area (Å²) in [6.07, 6.45) is 6.40. The minimum absolute atomic E-state index is 0.0719. The molecular formula is C38H50F3NO6S. The summed E-state index contributed by atoms with van der Waals surface area (Å²) in [7, 11) is -3.87. The van der Waals surface area contributed by atoms with E-state index < -0.39 is 39.3 Å². The van der Waals surface area contributed by atoms with Crippen LogP contribution in [0.2, 0.25) is 0 Å². The maximum absolute atomic E-state index is 14.2. The third-order valence-corrected chi connectivity index (χ3v) is 12.5. The zero-order valence-corrected chi connectivity index (χ0v) is 29.6. The van der Waals surface area contributed by atoms with E-state index in [4.69, 9.17) is 0 Å². The van der Waals surface area contributed by atoms with E-state index >= 15 is 0 Å². The average molecular weight is 706 g/mol. The Morgan fingerprint density at radius 1 is 1.02 bits per heavy atom. The lowest BCUT2D eigenvalue weighted by Crippen LogP contribution is -2.53. The topological polar surface area (TPSA) is 104 Å². The van der Waals surface area contributed by atoms with Crippen LogP contribution in [0.4, 0.5) is 13.2 Å². The third-order valence-electron chi connectivity index (χ3n) is 11.3. The predicted octanol–water partition coefficient (Wildman–Crippen LogP) is 7.85. The summed E-state index contributed by atoms with van der Waals surface area (Å²) in [6, 6.07) is 11.0. The van der Waals surface area contributed by atoms with Gasteiger partial charge in [-0.25, -0.2) is 8.42 Å². The van der Waals surface area contributed by atoms with Gasteiger partial charge in [0.05, 0.1) is 18.0 Å². The van der Waals surface area contributed by atoms with E-state index in [1.807, 2.05) is 32.0 Å². The van der Waals surface area contributed by atoms with Crippen LogP contribution in [0.15, 0.2) is 54.1 Å². The van der Waals surface area contributed by atoms with E-state index in [1.165, 1.54) is 16.4 Å². The quantitative estimate of drug-likeness (QED) is 0.214. The molecule has 7 nitrogen and oxygen atoms in total. The number of halogens is 3. The van der Waals surface area contributed by atoms with E-state index in [1.54, 1.807) is 0 Å². The van der Waals surface area contributed by atoms with Gasteiger partial charge in [0, 0.05) is 30.0 Å². The number of aliphatic hydroxyl groups is 2. The standard InChI is InChI=1S/C38H50F3NO6S/c1-26-8-7-20-36(2)34(32-18-14-28(22-30(43)15-11-26)23-33(32)35(44)29-9-5-4-6-10-29)19-21-37(36,45)25-42(49(3,46)47)24-27-12-16-31(17-13-27)48-38(39,40)41/h8,12-14,16-18,23,29-30,34,43,45H,4-7,9-11,15,19-22,24-25H2,1-3H3/t30-,34-,36-,37+/m0/s1. The Morgan fingerprint density at radius 2 is 1.71 bits per heavy atom. The molecule has 2 saturated carbocycles. The summed E-state index contributed by atoms with van der Waals surface area (Å²) in [4.78, 5) is 14.2. The Balaban J connectivity index is 1.52. The summed E-state index contributed by atoms with van der Waals surface area (Å²) in [5.41, 5.74) is 1.71. The molecule has 4 aliphatic rings. The molecule has 6 rings (SSSR count). The van der Waals surface area contributed by atoms with Gasteiger partial charge in [-0.3, -0.25) is 4.79 Å². The highest BCUT2D eigenvalue weighted by Crippen LogP contribution is 2.59. The van der Waals surface area contributed by atoms with E-state index in [0.717, 1.165) is 67.2 Å². The highest BCUT2D eigenvalue weighted by atomic mass is 32.2. The van der Waals surface area contributed by atoms with Crippen molar-refractivity contribution in [1.29, 1.82) is 0 Å². The molecule has 0 unspecified atom stereocenters. The number of rotatable bonds is 8. The van der Waals surface area contributed by atoms with Gasteiger partial charge in [0.15, 0.2) is 5.78 Å². The first kappa shape index (κ1) is 37.5. The van der Waals surface area contributed by atoms with Gasteiger partial charge in [-0.2, -0.15) is 4.31 Å². The van der Waals surface area contributed by atoms with Crippen molar-refractivity contribution in [3.63, 3.8) is 0 Å². The summed E-state index contributed by atoms with van der Waals surface area (Å²) >= 11 is 0. The molecule has 0 heterocycles. The van der Waals surface area contributed by atoms with Gasteiger partial charge in [0.2, 0.25) is 10.0 Å². The number of benzene rings is 2. The molecule has 2 aromatic rings. The van der Waals surface area contributed by atoms with Gasteiger partial charge in [0.1, 0.15) is 5.75 Å². The van der Waals surface area contributed by atoms with Gasteiger partial charge in [-0.05, 0) is 106 Å². The van der Waals surface area contributed by atoms with Gasteiger partial charge in [-0.15, -0.1) is 13.2 Å². The number of ketones is 1. The van der Waals surface area contributed by atoms with Crippen LogP contribution < -0.4 is 4.74 Å². The van der Waals surface area contributed by atoms with Gasteiger partial charge in [0.25, 0.3) is 0 Å². The molecule has 0 spiro atoms. The number of carbonyl (C=O) groups is 1. The average Bonchev–Trinajstić information content (AvgIpc) is 3.28. The number of hydrogen-bond donors (Lipinski definition) is 2. The van der Waals surface area contributed by atoms with Crippen LogP contribution in [0.3, 0.4) is 0 Å². The third kappa shape index (κ3) is 8.96. The van der Waals surface area contributed by atoms with E-state index in [0.29, 0.717) is 56.1 Å². The first-order chi connectivity index (χ1) is 23.0. The molecule has 2 bridgehead atoms.